The molecular formula is C16H16FNO3. The maximum atomic E-state index is 13.1. The second kappa shape index (κ2) is 6.35. The first-order chi connectivity index (χ1) is 10.0. The molecule has 0 saturated heterocycles. The Morgan fingerprint density at radius 1 is 1.24 bits per heavy atom. The molecule has 0 radical (unpaired) electrons. The lowest BCUT2D eigenvalue weighted by molar-refractivity contribution is 0.0600. The zero-order chi connectivity index (χ0) is 15.4. The minimum Gasteiger partial charge on any atom is -0.475 e. The summed E-state index contributed by atoms with van der Waals surface area (Å²) in [7, 11) is 1.30. The molecule has 0 aliphatic carbocycles. The number of rotatable bonds is 4. The van der Waals surface area contributed by atoms with Gasteiger partial charge in [0.2, 0.25) is 5.88 Å². The van der Waals surface area contributed by atoms with Crippen LogP contribution in [0.1, 0.15) is 24.2 Å². The zero-order valence-electron chi connectivity index (χ0n) is 12.1. The number of aromatic nitrogens is 1. The van der Waals surface area contributed by atoms with Crippen molar-refractivity contribution in [2.24, 2.45) is 0 Å². The van der Waals surface area contributed by atoms with E-state index in [1.807, 2.05) is 13.8 Å². The van der Waals surface area contributed by atoms with Gasteiger partial charge in [0.1, 0.15) is 5.82 Å². The molecule has 4 nitrogen and oxygen atoms in total. The minimum absolute atomic E-state index is 0.0688. The quantitative estimate of drug-likeness (QED) is 0.809. The molecule has 0 aliphatic heterocycles. The van der Waals surface area contributed by atoms with Gasteiger partial charge in [0.05, 0.1) is 18.8 Å². The lowest BCUT2D eigenvalue weighted by Crippen LogP contribution is -2.09. The lowest BCUT2D eigenvalue weighted by atomic mass is 10.1. The van der Waals surface area contributed by atoms with Gasteiger partial charge in [0, 0.05) is 11.8 Å². The fourth-order valence-corrected chi connectivity index (χ4v) is 1.84. The lowest BCUT2D eigenvalue weighted by Gasteiger charge is -2.14. The van der Waals surface area contributed by atoms with Crippen molar-refractivity contribution in [3.8, 4) is 17.0 Å². The summed E-state index contributed by atoms with van der Waals surface area (Å²) in [4.78, 5) is 15.8. The molecule has 2 rings (SSSR count). The molecule has 1 aromatic carbocycles. The van der Waals surface area contributed by atoms with E-state index in [1.54, 1.807) is 18.2 Å². The fraction of sp³-hybridized carbons (Fsp3) is 0.250. The molecule has 110 valence electrons. The van der Waals surface area contributed by atoms with Crippen molar-refractivity contribution < 1.29 is 18.7 Å². The molecule has 21 heavy (non-hydrogen) atoms. The van der Waals surface area contributed by atoms with E-state index in [4.69, 9.17) is 4.74 Å². The number of pyridine rings is 1. The van der Waals surface area contributed by atoms with Crippen LogP contribution in [0.2, 0.25) is 0 Å². The van der Waals surface area contributed by atoms with E-state index >= 15 is 0 Å². The molecule has 5 heteroatoms. The molecule has 0 N–H and O–H groups in total. The molecule has 0 spiro atoms. The van der Waals surface area contributed by atoms with E-state index in [2.05, 4.69) is 9.72 Å². The highest BCUT2D eigenvalue weighted by atomic mass is 19.1. The Morgan fingerprint density at radius 2 is 1.90 bits per heavy atom. The van der Waals surface area contributed by atoms with Crippen LogP contribution in [-0.4, -0.2) is 24.2 Å². The molecule has 1 heterocycles. The van der Waals surface area contributed by atoms with E-state index in [1.165, 1.54) is 25.4 Å². The van der Waals surface area contributed by atoms with E-state index < -0.39 is 5.97 Å². The van der Waals surface area contributed by atoms with Crippen molar-refractivity contribution in [2.45, 2.75) is 20.0 Å². The van der Waals surface area contributed by atoms with Crippen LogP contribution in [0.5, 0.6) is 5.88 Å². The molecular weight excluding hydrogens is 273 g/mol. The highest BCUT2D eigenvalue weighted by Gasteiger charge is 2.15. The van der Waals surface area contributed by atoms with Gasteiger partial charge in [-0.3, -0.25) is 0 Å². The van der Waals surface area contributed by atoms with Gasteiger partial charge in [-0.05, 0) is 37.6 Å². The van der Waals surface area contributed by atoms with E-state index in [9.17, 15) is 9.18 Å². The Bertz CT molecular complexity index is 638. The fourth-order valence-electron chi connectivity index (χ4n) is 1.84. The Hall–Kier alpha value is -2.43. The van der Waals surface area contributed by atoms with E-state index in [0.717, 1.165) is 0 Å². The third kappa shape index (κ3) is 3.56. The van der Waals surface area contributed by atoms with Crippen molar-refractivity contribution in [1.29, 1.82) is 0 Å². The first-order valence-corrected chi connectivity index (χ1v) is 6.52. The Labute approximate surface area is 122 Å². The number of carbonyl (C=O) groups is 1. The molecule has 0 fully saturated rings. The molecule has 0 aliphatic rings. The standard InChI is InChI=1S/C16H16FNO3/c1-10(2)21-15-14(11-4-6-13(17)7-5-11)8-12(9-18-15)16(19)20-3/h4-10H,1-3H3. The van der Waals surface area contributed by atoms with Gasteiger partial charge in [-0.2, -0.15) is 0 Å². The van der Waals surface area contributed by atoms with Gasteiger partial charge >= 0.3 is 5.97 Å². The summed E-state index contributed by atoms with van der Waals surface area (Å²) in [5.74, 6) is -0.423. The van der Waals surface area contributed by atoms with Gasteiger partial charge in [0.25, 0.3) is 0 Å². The Kier molecular flexibility index (Phi) is 4.52. The second-order valence-corrected chi connectivity index (χ2v) is 4.74. The summed E-state index contributed by atoms with van der Waals surface area (Å²) in [6.45, 7) is 3.76. The van der Waals surface area contributed by atoms with Gasteiger partial charge in [-0.1, -0.05) is 12.1 Å². The second-order valence-electron chi connectivity index (χ2n) is 4.74. The number of carbonyl (C=O) groups excluding carboxylic acids is 1. The summed E-state index contributed by atoms with van der Waals surface area (Å²) in [5, 5.41) is 0. The van der Waals surface area contributed by atoms with Gasteiger partial charge in [-0.25, -0.2) is 14.2 Å². The number of methoxy groups -OCH3 is 1. The summed E-state index contributed by atoms with van der Waals surface area (Å²) in [6, 6.07) is 7.55. The summed E-state index contributed by atoms with van der Waals surface area (Å²) in [5.41, 5.74) is 1.64. The van der Waals surface area contributed by atoms with Crippen molar-refractivity contribution in [1.82, 2.24) is 4.98 Å². The molecule has 0 unspecified atom stereocenters. The maximum Gasteiger partial charge on any atom is 0.339 e. The number of nitrogens with zero attached hydrogens (tertiary/aromatic N) is 1. The third-order valence-corrected chi connectivity index (χ3v) is 2.77. The topological polar surface area (TPSA) is 48.4 Å². The Morgan fingerprint density at radius 3 is 2.48 bits per heavy atom. The van der Waals surface area contributed by atoms with Crippen molar-refractivity contribution >= 4 is 5.97 Å². The molecule has 0 bridgehead atoms. The molecule has 1 aromatic heterocycles. The molecule has 0 atom stereocenters. The number of esters is 1. The molecule has 0 amide bonds. The van der Waals surface area contributed by atoms with Crippen LogP contribution in [0, 0.1) is 5.82 Å². The van der Waals surface area contributed by atoms with Crippen molar-refractivity contribution in [3.05, 3.63) is 47.9 Å². The average Bonchev–Trinajstić information content (AvgIpc) is 2.47. The number of ether oxygens (including phenoxy) is 2. The minimum atomic E-state index is -0.484. The first kappa shape index (κ1) is 15.0. The summed E-state index contributed by atoms with van der Waals surface area (Å²) in [6.07, 6.45) is 1.33. The van der Waals surface area contributed by atoms with Crippen LogP contribution in [-0.2, 0) is 4.74 Å². The van der Waals surface area contributed by atoms with E-state index in [-0.39, 0.29) is 11.9 Å². The van der Waals surface area contributed by atoms with Crippen LogP contribution in [0.15, 0.2) is 36.5 Å². The number of hydrogen-bond acceptors (Lipinski definition) is 4. The monoisotopic (exact) mass is 289 g/mol. The highest BCUT2D eigenvalue weighted by Crippen LogP contribution is 2.30. The van der Waals surface area contributed by atoms with Crippen LogP contribution in [0.25, 0.3) is 11.1 Å². The average molecular weight is 289 g/mol. The Balaban J connectivity index is 2.52. The predicted octanol–water partition coefficient (Wildman–Crippen LogP) is 3.46. The van der Waals surface area contributed by atoms with Gasteiger partial charge in [-0.15, -0.1) is 0 Å². The van der Waals surface area contributed by atoms with Gasteiger partial charge < -0.3 is 9.47 Å². The first-order valence-electron chi connectivity index (χ1n) is 6.52. The smallest absolute Gasteiger partial charge is 0.339 e. The maximum absolute atomic E-state index is 13.1. The molecule has 2 aromatic rings. The van der Waals surface area contributed by atoms with E-state index in [0.29, 0.717) is 22.6 Å². The van der Waals surface area contributed by atoms with Crippen LogP contribution >= 0.6 is 0 Å². The largest absolute Gasteiger partial charge is 0.475 e. The van der Waals surface area contributed by atoms with Crippen LogP contribution < -0.4 is 4.74 Å². The summed E-state index contributed by atoms with van der Waals surface area (Å²) >= 11 is 0. The SMILES string of the molecule is COC(=O)c1cnc(OC(C)C)c(-c2ccc(F)cc2)c1. The van der Waals surface area contributed by atoms with Crippen LogP contribution in [0.4, 0.5) is 4.39 Å². The third-order valence-electron chi connectivity index (χ3n) is 2.77. The zero-order valence-corrected chi connectivity index (χ0v) is 12.1. The summed E-state index contributed by atoms with van der Waals surface area (Å²) < 4.78 is 23.4. The number of benzene rings is 1. The highest BCUT2D eigenvalue weighted by molar-refractivity contribution is 5.91. The number of hydrogen-bond donors (Lipinski definition) is 0. The van der Waals surface area contributed by atoms with Crippen molar-refractivity contribution in [3.63, 3.8) is 0 Å². The predicted molar refractivity (Wildman–Crippen MR) is 76.7 cm³/mol. The molecule has 0 saturated carbocycles. The van der Waals surface area contributed by atoms with Crippen LogP contribution in [0.3, 0.4) is 0 Å². The van der Waals surface area contributed by atoms with Crippen molar-refractivity contribution in [2.75, 3.05) is 7.11 Å². The van der Waals surface area contributed by atoms with Gasteiger partial charge in [0.15, 0.2) is 0 Å². The number of halogens is 1. The normalized spacial score (nSPS) is 10.5.